The summed E-state index contributed by atoms with van der Waals surface area (Å²) in [5.41, 5.74) is 9.84. The Balaban J connectivity index is 2.64. The normalized spacial score (nSPS) is 20.1. The largest absolute Gasteiger partial charge is 0.493 e. The first kappa shape index (κ1) is 10.2. The van der Waals surface area contributed by atoms with Crippen LogP contribution in [0.1, 0.15) is 29.2 Å². The highest BCUT2D eigenvalue weighted by molar-refractivity contribution is 14.1. The molecule has 2 rings (SSSR count). The van der Waals surface area contributed by atoms with Crippen molar-refractivity contribution in [1.29, 1.82) is 0 Å². The van der Waals surface area contributed by atoms with Crippen LogP contribution in [0.5, 0.6) is 5.75 Å². The van der Waals surface area contributed by atoms with E-state index in [1.165, 1.54) is 20.3 Å². The van der Waals surface area contributed by atoms with Gasteiger partial charge >= 0.3 is 0 Å². The number of fused-ring (bicyclic) bond motifs is 1. The summed E-state index contributed by atoms with van der Waals surface area (Å²) in [6.45, 7) is 4.98. The Labute approximate surface area is 98.0 Å². The molecule has 0 radical (unpaired) electrons. The van der Waals surface area contributed by atoms with Crippen LogP contribution in [0.25, 0.3) is 0 Å². The van der Waals surface area contributed by atoms with Crippen molar-refractivity contribution in [2.45, 2.75) is 26.3 Å². The second-order valence-corrected chi connectivity index (χ2v) is 4.87. The van der Waals surface area contributed by atoms with Gasteiger partial charge in [-0.1, -0.05) is 0 Å². The van der Waals surface area contributed by atoms with Gasteiger partial charge in [0.15, 0.2) is 0 Å². The van der Waals surface area contributed by atoms with Gasteiger partial charge < -0.3 is 10.5 Å². The number of benzene rings is 1. The van der Waals surface area contributed by atoms with E-state index in [0.29, 0.717) is 0 Å². The van der Waals surface area contributed by atoms with Crippen molar-refractivity contribution in [2.75, 3.05) is 6.61 Å². The van der Waals surface area contributed by atoms with Crippen LogP contribution in [0, 0.1) is 17.4 Å². The highest BCUT2D eigenvalue weighted by Crippen LogP contribution is 2.36. The fourth-order valence-corrected chi connectivity index (χ4v) is 2.40. The van der Waals surface area contributed by atoms with Gasteiger partial charge in [0.2, 0.25) is 0 Å². The third-order valence-electron chi connectivity index (χ3n) is 2.75. The van der Waals surface area contributed by atoms with E-state index in [1.54, 1.807) is 0 Å². The predicted octanol–water partition coefficient (Wildman–Crippen LogP) is 2.69. The number of hydrogen-bond acceptors (Lipinski definition) is 2. The van der Waals surface area contributed by atoms with Gasteiger partial charge in [-0.3, -0.25) is 0 Å². The summed E-state index contributed by atoms with van der Waals surface area (Å²) in [5, 5.41) is 0. The molecule has 1 aliphatic rings. The fraction of sp³-hybridized carbons (Fsp3) is 0.455. The van der Waals surface area contributed by atoms with Crippen LogP contribution in [-0.2, 0) is 0 Å². The van der Waals surface area contributed by atoms with Crippen LogP contribution in [0.2, 0.25) is 0 Å². The summed E-state index contributed by atoms with van der Waals surface area (Å²) in [5.74, 6) is 0.985. The first-order valence-corrected chi connectivity index (χ1v) is 5.87. The number of rotatable bonds is 0. The molecule has 0 saturated carbocycles. The van der Waals surface area contributed by atoms with E-state index in [0.717, 1.165) is 18.8 Å². The Morgan fingerprint density at radius 1 is 1.50 bits per heavy atom. The average Bonchev–Trinajstić information content (AvgIpc) is 2.14. The van der Waals surface area contributed by atoms with Crippen molar-refractivity contribution < 1.29 is 4.74 Å². The molecule has 0 aromatic heterocycles. The number of ether oxygens (including phenoxy) is 1. The quantitative estimate of drug-likeness (QED) is 0.748. The summed E-state index contributed by atoms with van der Waals surface area (Å²) in [7, 11) is 0. The van der Waals surface area contributed by atoms with Crippen LogP contribution in [0.4, 0.5) is 0 Å². The molecular formula is C11H14INO. The molecule has 1 aliphatic heterocycles. The highest BCUT2D eigenvalue weighted by atomic mass is 127. The van der Waals surface area contributed by atoms with Gasteiger partial charge in [0, 0.05) is 21.6 Å². The van der Waals surface area contributed by atoms with Crippen molar-refractivity contribution in [3.05, 3.63) is 26.3 Å². The van der Waals surface area contributed by atoms with Crippen LogP contribution >= 0.6 is 22.6 Å². The molecule has 2 nitrogen and oxygen atoms in total. The molecule has 1 aromatic carbocycles. The van der Waals surface area contributed by atoms with Gasteiger partial charge in [-0.05, 0) is 53.6 Å². The lowest BCUT2D eigenvalue weighted by molar-refractivity contribution is 0.268. The summed E-state index contributed by atoms with van der Waals surface area (Å²) in [4.78, 5) is 0. The minimum atomic E-state index is 0.146. The smallest absolute Gasteiger partial charge is 0.124 e. The number of nitrogens with two attached hydrogens (primary N) is 1. The monoisotopic (exact) mass is 303 g/mol. The zero-order chi connectivity index (χ0) is 10.3. The topological polar surface area (TPSA) is 35.2 Å². The Morgan fingerprint density at radius 3 is 2.93 bits per heavy atom. The maximum atomic E-state index is 6.08. The first-order valence-electron chi connectivity index (χ1n) is 4.79. The molecule has 1 atom stereocenters. The van der Waals surface area contributed by atoms with E-state index in [4.69, 9.17) is 10.5 Å². The molecule has 14 heavy (non-hydrogen) atoms. The molecule has 1 aromatic rings. The Hall–Kier alpha value is -0.290. The van der Waals surface area contributed by atoms with Crippen molar-refractivity contribution in [3.8, 4) is 5.75 Å². The van der Waals surface area contributed by atoms with Gasteiger partial charge in [-0.15, -0.1) is 0 Å². The average molecular weight is 303 g/mol. The number of hydrogen-bond donors (Lipinski definition) is 1. The number of aryl methyl sites for hydroxylation is 1. The van der Waals surface area contributed by atoms with Gasteiger partial charge in [0.05, 0.1) is 6.61 Å². The van der Waals surface area contributed by atoms with Crippen LogP contribution in [0.15, 0.2) is 6.07 Å². The fourth-order valence-electron chi connectivity index (χ4n) is 1.96. The molecule has 0 aliphatic carbocycles. The van der Waals surface area contributed by atoms with E-state index in [1.807, 2.05) is 0 Å². The molecule has 0 saturated heterocycles. The molecule has 0 spiro atoms. The number of halogens is 1. The minimum absolute atomic E-state index is 0.146. The SMILES string of the molecule is Cc1cc2c(c(C)c1I)C(N)CCO2. The molecule has 0 fully saturated rings. The lowest BCUT2D eigenvalue weighted by Gasteiger charge is -2.26. The summed E-state index contributed by atoms with van der Waals surface area (Å²) in [6.07, 6.45) is 0.924. The lowest BCUT2D eigenvalue weighted by atomic mass is 9.95. The molecule has 3 heteroatoms. The van der Waals surface area contributed by atoms with Gasteiger partial charge in [0.25, 0.3) is 0 Å². The molecule has 1 heterocycles. The predicted molar refractivity (Wildman–Crippen MR) is 65.7 cm³/mol. The molecule has 76 valence electrons. The van der Waals surface area contributed by atoms with Crippen LogP contribution in [-0.4, -0.2) is 6.61 Å². The summed E-state index contributed by atoms with van der Waals surface area (Å²) in [6, 6.07) is 2.25. The van der Waals surface area contributed by atoms with Crippen molar-refractivity contribution >= 4 is 22.6 Å². The lowest BCUT2D eigenvalue weighted by Crippen LogP contribution is -2.22. The van der Waals surface area contributed by atoms with Gasteiger partial charge in [0.1, 0.15) is 5.75 Å². The van der Waals surface area contributed by atoms with E-state index >= 15 is 0 Å². The second kappa shape index (κ2) is 3.70. The third kappa shape index (κ3) is 1.52. The zero-order valence-electron chi connectivity index (χ0n) is 8.43. The van der Waals surface area contributed by atoms with E-state index in [-0.39, 0.29) is 6.04 Å². The van der Waals surface area contributed by atoms with Crippen molar-refractivity contribution in [1.82, 2.24) is 0 Å². The summed E-state index contributed by atoms with van der Waals surface area (Å²) < 4.78 is 6.93. The Morgan fingerprint density at radius 2 is 2.21 bits per heavy atom. The minimum Gasteiger partial charge on any atom is -0.493 e. The molecular weight excluding hydrogens is 289 g/mol. The van der Waals surface area contributed by atoms with Crippen LogP contribution < -0.4 is 10.5 Å². The molecule has 2 N–H and O–H groups in total. The maximum Gasteiger partial charge on any atom is 0.124 e. The third-order valence-corrected chi connectivity index (χ3v) is 4.41. The Kier molecular flexibility index (Phi) is 2.70. The van der Waals surface area contributed by atoms with E-state index in [2.05, 4.69) is 42.5 Å². The maximum absolute atomic E-state index is 6.08. The zero-order valence-corrected chi connectivity index (χ0v) is 10.6. The van der Waals surface area contributed by atoms with Gasteiger partial charge in [-0.2, -0.15) is 0 Å². The standard InChI is InChI=1S/C11H14INO/c1-6-5-9-10(7(2)11(6)12)8(13)3-4-14-9/h5,8H,3-4,13H2,1-2H3. The summed E-state index contributed by atoms with van der Waals surface area (Å²) >= 11 is 2.37. The second-order valence-electron chi connectivity index (χ2n) is 3.79. The Bertz CT molecular complexity index is 376. The van der Waals surface area contributed by atoms with Crippen LogP contribution in [0.3, 0.4) is 0 Å². The van der Waals surface area contributed by atoms with Gasteiger partial charge in [-0.25, -0.2) is 0 Å². The van der Waals surface area contributed by atoms with Crippen molar-refractivity contribution in [2.24, 2.45) is 5.73 Å². The van der Waals surface area contributed by atoms with Crippen molar-refractivity contribution in [3.63, 3.8) is 0 Å². The first-order chi connectivity index (χ1) is 6.61. The highest BCUT2D eigenvalue weighted by Gasteiger charge is 2.22. The molecule has 0 amide bonds. The van der Waals surface area contributed by atoms with E-state index in [9.17, 15) is 0 Å². The van der Waals surface area contributed by atoms with E-state index < -0.39 is 0 Å². The molecule has 1 unspecified atom stereocenters. The molecule has 0 bridgehead atoms.